The van der Waals surface area contributed by atoms with Gasteiger partial charge in [-0.25, -0.2) is 18.5 Å². The van der Waals surface area contributed by atoms with Crippen LogP contribution >= 0.6 is 11.6 Å². The molecule has 0 saturated carbocycles. The molecule has 1 aromatic heterocycles. The molecule has 0 radical (unpaired) electrons. The Kier molecular flexibility index (Phi) is 7.34. The molecule has 1 atom stereocenters. The van der Waals surface area contributed by atoms with Crippen LogP contribution in [0, 0.1) is 0 Å². The lowest BCUT2D eigenvalue weighted by molar-refractivity contribution is -0.137. The van der Waals surface area contributed by atoms with Gasteiger partial charge in [0.25, 0.3) is 5.91 Å². The topological polar surface area (TPSA) is 121 Å². The Morgan fingerprint density at radius 2 is 1.76 bits per heavy atom. The molecule has 180 valence electrons. The summed E-state index contributed by atoms with van der Waals surface area (Å²) < 4.78 is 71.9. The first kappa shape index (κ1) is 25.3. The zero-order chi connectivity index (χ0) is 25.1. The maximum Gasteiger partial charge on any atom is 0.417 e. The van der Waals surface area contributed by atoms with E-state index in [1.54, 1.807) is 0 Å². The first-order chi connectivity index (χ1) is 15.8. The van der Waals surface area contributed by atoms with Crippen LogP contribution in [0.2, 0.25) is 5.02 Å². The van der Waals surface area contributed by atoms with Gasteiger partial charge in [0.15, 0.2) is 6.10 Å². The van der Waals surface area contributed by atoms with Crippen LogP contribution in [0.15, 0.2) is 65.7 Å². The van der Waals surface area contributed by atoms with Crippen LogP contribution in [-0.4, -0.2) is 25.4 Å². The van der Waals surface area contributed by atoms with Crippen molar-refractivity contribution >= 4 is 33.2 Å². The lowest BCUT2D eigenvalue weighted by Crippen LogP contribution is -2.30. The number of halogens is 4. The number of ether oxygens (including phenoxy) is 2. The summed E-state index contributed by atoms with van der Waals surface area (Å²) in [4.78, 5) is 15.8. The van der Waals surface area contributed by atoms with Crippen LogP contribution in [0.5, 0.6) is 17.4 Å². The van der Waals surface area contributed by atoms with Gasteiger partial charge < -0.3 is 14.8 Å². The number of benzene rings is 2. The number of sulfonamides is 1. The summed E-state index contributed by atoms with van der Waals surface area (Å²) in [7, 11) is -3.93. The smallest absolute Gasteiger partial charge is 0.417 e. The third-order valence-corrected chi connectivity index (χ3v) is 5.47. The van der Waals surface area contributed by atoms with E-state index in [0.29, 0.717) is 18.0 Å². The summed E-state index contributed by atoms with van der Waals surface area (Å²) >= 11 is 5.82. The fourth-order valence-corrected chi connectivity index (χ4v) is 3.37. The molecule has 3 rings (SSSR count). The van der Waals surface area contributed by atoms with Crippen molar-refractivity contribution in [3.63, 3.8) is 0 Å². The van der Waals surface area contributed by atoms with Gasteiger partial charge in [-0.05, 0) is 55.5 Å². The number of carbonyl (C=O) groups is 1. The first-order valence-electron chi connectivity index (χ1n) is 9.44. The molecule has 0 spiro atoms. The van der Waals surface area contributed by atoms with Gasteiger partial charge in [-0.3, -0.25) is 4.79 Å². The summed E-state index contributed by atoms with van der Waals surface area (Å²) in [6.07, 6.45) is -4.93. The highest BCUT2D eigenvalue weighted by Crippen LogP contribution is 2.35. The molecule has 8 nitrogen and oxygen atoms in total. The fraction of sp³-hybridized carbons (Fsp3) is 0.143. The average molecular weight is 516 g/mol. The van der Waals surface area contributed by atoms with E-state index in [9.17, 15) is 26.4 Å². The first-order valence-corrected chi connectivity index (χ1v) is 11.4. The molecule has 1 unspecified atom stereocenters. The second-order valence-electron chi connectivity index (χ2n) is 6.90. The zero-order valence-corrected chi connectivity index (χ0v) is 18.9. The van der Waals surface area contributed by atoms with E-state index in [4.69, 9.17) is 26.2 Å². The van der Waals surface area contributed by atoms with Gasteiger partial charge in [0.2, 0.25) is 15.9 Å². The monoisotopic (exact) mass is 515 g/mol. The fourth-order valence-electron chi connectivity index (χ4n) is 2.61. The van der Waals surface area contributed by atoms with Gasteiger partial charge >= 0.3 is 6.18 Å². The van der Waals surface area contributed by atoms with Gasteiger partial charge in [0.05, 0.1) is 10.5 Å². The second-order valence-corrected chi connectivity index (χ2v) is 8.87. The summed E-state index contributed by atoms with van der Waals surface area (Å²) in [5.41, 5.74) is -0.783. The molecule has 3 aromatic rings. The highest BCUT2D eigenvalue weighted by Gasteiger charge is 2.31. The van der Waals surface area contributed by atoms with Crippen LogP contribution in [0.4, 0.5) is 18.9 Å². The van der Waals surface area contributed by atoms with E-state index in [1.165, 1.54) is 55.5 Å². The lowest BCUT2D eigenvalue weighted by atomic mass is 10.3. The number of amides is 1. The lowest BCUT2D eigenvalue weighted by Gasteiger charge is -2.15. The van der Waals surface area contributed by atoms with Crippen molar-refractivity contribution in [2.75, 3.05) is 5.32 Å². The second kappa shape index (κ2) is 9.87. The third-order valence-electron chi connectivity index (χ3n) is 4.29. The van der Waals surface area contributed by atoms with Crippen LogP contribution in [0.3, 0.4) is 0 Å². The molecule has 3 N–H and O–H groups in total. The Morgan fingerprint density at radius 3 is 2.35 bits per heavy atom. The van der Waals surface area contributed by atoms with E-state index in [0.717, 1.165) is 0 Å². The molecule has 13 heteroatoms. The predicted octanol–water partition coefficient (Wildman–Crippen LogP) is 4.60. The highest BCUT2D eigenvalue weighted by molar-refractivity contribution is 7.89. The highest BCUT2D eigenvalue weighted by atomic mass is 35.5. The summed E-state index contributed by atoms with van der Waals surface area (Å²) in [6, 6.07) is 12.0. The van der Waals surface area contributed by atoms with E-state index in [2.05, 4.69) is 10.3 Å². The molecule has 0 aliphatic heterocycles. The number of carbonyl (C=O) groups excluding carboxylic acids is 1. The maximum absolute atomic E-state index is 12.7. The molecule has 0 bridgehead atoms. The van der Waals surface area contributed by atoms with Gasteiger partial charge in [0, 0.05) is 11.9 Å². The SMILES string of the molecule is CC(Oc1ccc(Oc2ncc(C(F)(F)F)cc2Cl)cc1)C(=O)Nc1cccc(S(N)(=O)=O)c1. The van der Waals surface area contributed by atoms with Crippen molar-refractivity contribution in [3.05, 3.63) is 71.4 Å². The molecule has 0 aliphatic carbocycles. The van der Waals surface area contributed by atoms with Crippen molar-refractivity contribution in [1.82, 2.24) is 4.98 Å². The standard InChI is InChI=1S/C21H17ClF3N3O5S/c1-12(19(29)28-14-3-2-4-17(10-14)34(26,30)31)32-15-5-7-16(8-6-15)33-20-18(22)9-13(11-27-20)21(23,24)25/h2-12H,1H3,(H,28,29)(H2,26,30,31). The van der Waals surface area contributed by atoms with Crippen molar-refractivity contribution in [2.45, 2.75) is 24.1 Å². The largest absolute Gasteiger partial charge is 0.481 e. The maximum atomic E-state index is 12.7. The quantitative estimate of drug-likeness (QED) is 0.474. The van der Waals surface area contributed by atoms with Gasteiger partial charge in [-0.2, -0.15) is 13.2 Å². The Balaban J connectivity index is 1.62. The molecule has 2 aromatic carbocycles. The Labute approximate surface area is 197 Å². The van der Waals surface area contributed by atoms with Crippen LogP contribution in [-0.2, 0) is 21.0 Å². The number of pyridine rings is 1. The number of hydrogen-bond donors (Lipinski definition) is 2. The van der Waals surface area contributed by atoms with Crippen molar-refractivity contribution in [1.29, 1.82) is 0 Å². The van der Waals surface area contributed by atoms with Crippen LogP contribution in [0.25, 0.3) is 0 Å². The van der Waals surface area contributed by atoms with E-state index in [1.807, 2.05) is 0 Å². The number of aromatic nitrogens is 1. The van der Waals surface area contributed by atoms with E-state index >= 15 is 0 Å². The van der Waals surface area contributed by atoms with Gasteiger partial charge in [-0.15, -0.1) is 0 Å². The number of primary sulfonamides is 1. The summed E-state index contributed by atoms with van der Waals surface area (Å²) in [6.45, 7) is 1.48. The number of nitrogens with zero attached hydrogens (tertiary/aromatic N) is 1. The molecule has 1 heterocycles. The Morgan fingerprint density at radius 1 is 1.12 bits per heavy atom. The van der Waals surface area contributed by atoms with Gasteiger partial charge in [-0.1, -0.05) is 17.7 Å². The normalized spacial score (nSPS) is 12.6. The molecule has 34 heavy (non-hydrogen) atoms. The minimum atomic E-state index is -4.58. The molecule has 0 fully saturated rings. The molecule has 0 saturated heterocycles. The summed E-state index contributed by atoms with van der Waals surface area (Å²) in [5, 5.41) is 7.29. The average Bonchev–Trinajstić information content (AvgIpc) is 2.75. The Bertz CT molecular complexity index is 1300. The Hall–Kier alpha value is -3.35. The van der Waals surface area contributed by atoms with E-state index in [-0.39, 0.29) is 27.2 Å². The van der Waals surface area contributed by atoms with Crippen molar-refractivity contribution in [2.24, 2.45) is 5.14 Å². The van der Waals surface area contributed by atoms with Crippen molar-refractivity contribution < 1.29 is 35.9 Å². The number of hydrogen-bond acceptors (Lipinski definition) is 6. The van der Waals surface area contributed by atoms with Gasteiger partial charge in [0.1, 0.15) is 16.5 Å². The number of anilines is 1. The zero-order valence-electron chi connectivity index (χ0n) is 17.3. The minimum absolute atomic E-state index is 0.155. The predicted molar refractivity (Wildman–Crippen MR) is 117 cm³/mol. The van der Waals surface area contributed by atoms with E-state index < -0.39 is 33.8 Å². The van der Waals surface area contributed by atoms with Crippen LogP contribution in [0.1, 0.15) is 12.5 Å². The number of nitrogens with two attached hydrogens (primary N) is 1. The van der Waals surface area contributed by atoms with Crippen LogP contribution < -0.4 is 19.9 Å². The number of alkyl halides is 3. The third kappa shape index (κ3) is 6.59. The summed E-state index contributed by atoms with van der Waals surface area (Å²) in [5.74, 6) is -0.247. The number of nitrogens with one attached hydrogen (secondary N) is 1. The number of rotatable bonds is 7. The molecular weight excluding hydrogens is 499 g/mol. The molecule has 1 amide bonds. The minimum Gasteiger partial charge on any atom is -0.481 e. The molecular formula is C21H17ClF3N3O5S. The van der Waals surface area contributed by atoms with Crippen molar-refractivity contribution in [3.8, 4) is 17.4 Å². The molecule has 0 aliphatic rings.